The minimum absolute atomic E-state index is 0.0640. The number of hydrogen-bond acceptors (Lipinski definition) is 8. The third-order valence-corrected chi connectivity index (χ3v) is 5.99. The van der Waals surface area contributed by atoms with Crippen molar-refractivity contribution < 1.29 is 9.18 Å². The molecular weight excluding hydrogens is 427 g/mol. The number of piperazine rings is 1. The molecule has 1 aromatic carbocycles. The molecule has 1 aliphatic rings. The van der Waals surface area contributed by atoms with Gasteiger partial charge in [0.15, 0.2) is 5.65 Å². The van der Waals surface area contributed by atoms with E-state index < -0.39 is 17.2 Å². The smallest absolute Gasteiger partial charge is 0.256 e. The van der Waals surface area contributed by atoms with Gasteiger partial charge in [-0.2, -0.15) is 4.98 Å². The summed E-state index contributed by atoms with van der Waals surface area (Å²) < 4.78 is 16.4. The summed E-state index contributed by atoms with van der Waals surface area (Å²) in [6.45, 7) is 8.86. The van der Waals surface area contributed by atoms with Crippen molar-refractivity contribution in [2.24, 2.45) is 5.73 Å². The van der Waals surface area contributed by atoms with Gasteiger partial charge in [-0.25, -0.2) is 9.37 Å². The van der Waals surface area contributed by atoms with Crippen LogP contribution in [0, 0.1) is 5.82 Å². The highest BCUT2D eigenvalue weighted by Crippen LogP contribution is 2.25. The molecule has 3 aromatic rings. The Balaban J connectivity index is 1.63. The summed E-state index contributed by atoms with van der Waals surface area (Å²) in [6, 6.07) is 4.99. The van der Waals surface area contributed by atoms with Crippen molar-refractivity contribution in [2.75, 3.05) is 48.7 Å². The molecule has 0 aliphatic carbocycles. The zero-order chi connectivity index (χ0) is 23.7. The number of aromatic nitrogens is 3. The Morgan fingerprint density at radius 1 is 1.18 bits per heavy atom. The molecule has 1 amide bonds. The minimum atomic E-state index is -0.915. The van der Waals surface area contributed by atoms with Gasteiger partial charge in [0, 0.05) is 44.6 Å². The molecule has 3 heterocycles. The van der Waals surface area contributed by atoms with Crippen LogP contribution in [0.4, 0.5) is 27.5 Å². The number of carbonyl (C=O) groups excluding carboxylic acids is 1. The Bertz CT molecular complexity index is 1270. The quantitative estimate of drug-likeness (QED) is 0.510. The lowest BCUT2D eigenvalue weighted by Gasteiger charge is -2.35. The molecule has 0 unspecified atom stereocenters. The zero-order valence-electron chi connectivity index (χ0n) is 18.6. The van der Waals surface area contributed by atoms with Gasteiger partial charge in [0.05, 0.1) is 11.1 Å². The normalized spacial score (nSPS) is 14.6. The molecule has 1 fully saturated rings. The summed E-state index contributed by atoms with van der Waals surface area (Å²) in [7, 11) is 0. The van der Waals surface area contributed by atoms with Crippen molar-refractivity contribution in [3.05, 3.63) is 46.0 Å². The van der Waals surface area contributed by atoms with E-state index in [2.05, 4.69) is 32.0 Å². The number of fused-ring (bicyclic) bond motifs is 1. The molecule has 10 nitrogen and oxygen atoms in total. The number of nitrogen functional groups attached to an aromatic ring is 1. The maximum atomic E-state index is 14.9. The average molecular weight is 455 g/mol. The molecule has 0 bridgehead atoms. The van der Waals surface area contributed by atoms with Crippen molar-refractivity contribution in [3.8, 4) is 0 Å². The van der Waals surface area contributed by atoms with E-state index in [4.69, 9.17) is 11.5 Å². The zero-order valence-corrected chi connectivity index (χ0v) is 18.6. The summed E-state index contributed by atoms with van der Waals surface area (Å²) in [6.07, 6.45) is 1.28. The highest BCUT2D eigenvalue weighted by molar-refractivity contribution is 6.00. The van der Waals surface area contributed by atoms with Crippen molar-refractivity contribution in [1.29, 1.82) is 0 Å². The first-order valence-corrected chi connectivity index (χ1v) is 10.9. The topological polar surface area (TPSA) is 135 Å². The van der Waals surface area contributed by atoms with Crippen LogP contribution >= 0.6 is 0 Å². The van der Waals surface area contributed by atoms with E-state index in [0.717, 1.165) is 38.4 Å². The summed E-state index contributed by atoms with van der Waals surface area (Å²) in [4.78, 5) is 37.4. The Morgan fingerprint density at radius 2 is 1.91 bits per heavy atom. The monoisotopic (exact) mass is 454 g/mol. The number of nitrogens with two attached hydrogens (primary N) is 2. The minimum Gasteiger partial charge on any atom is -0.384 e. The van der Waals surface area contributed by atoms with Gasteiger partial charge in [-0.1, -0.05) is 6.92 Å². The summed E-state index contributed by atoms with van der Waals surface area (Å²) in [5.74, 6) is -1.32. The number of likely N-dealkylation sites (N-methyl/N-ethyl adjacent to an activating group) is 1. The number of carbonyl (C=O) groups is 1. The Labute approximate surface area is 190 Å². The fraction of sp³-hybridized carbons (Fsp3) is 0.364. The van der Waals surface area contributed by atoms with Gasteiger partial charge in [0.2, 0.25) is 11.4 Å². The lowest BCUT2D eigenvalue weighted by molar-refractivity contribution is 0.1000. The van der Waals surface area contributed by atoms with Crippen LogP contribution in [0.5, 0.6) is 0 Å². The van der Waals surface area contributed by atoms with E-state index in [9.17, 15) is 14.0 Å². The number of nitrogens with zero attached hydrogens (tertiary/aromatic N) is 5. The van der Waals surface area contributed by atoms with Gasteiger partial charge in [-0.3, -0.25) is 9.59 Å². The van der Waals surface area contributed by atoms with Crippen LogP contribution in [-0.2, 0) is 6.54 Å². The largest absolute Gasteiger partial charge is 0.384 e. The van der Waals surface area contributed by atoms with Gasteiger partial charge < -0.3 is 31.2 Å². The molecule has 33 heavy (non-hydrogen) atoms. The maximum absolute atomic E-state index is 14.9. The molecule has 4 rings (SSSR count). The Hall–Kier alpha value is -3.73. The molecule has 0 spiro atoms. The van der Waals surface area contributed by atoms with E-state index in [-0.39, 0.29) is 34.1 Å². The summed E-state index contributed by atoms with van der Waals surface area (Å²) in [5.41, 5.74) is 11.7. The summed E-state index contributed by atoms with van der Waals surface area (Å²) >= 11 is 0. The average Bonchev–Trinajstić information content (AvgIpc) is 2.80. The van der Waals surface area contributed by atoms with E-state index in [0.29, 0.717) is 6.54 Å². The molecule has 5 N–H and O–H groups in total. The van der Waals surface area contributed by atoms with Gasteiger partial charge in [-0.15, -0.1) is 0 Å². The van der Waals surface area contributed by atoms with Crippen LogP contribution in [0.1, 0.15) is 24.2 Å². The molecular formula is C22H27FN8O2. The van der Waals surface area contributed by atoms with Gasteiger partial charge in [0.1, 0.15) is 17.2 Å². The van der Waals surface area contributed by atoms with Crippen LogP contribution < -0.4 is 27.1 Å². The first kappa shape index (κ1) is 22.5. The molecule has 11 heteroatoms. The number of amides is 1. The number of pyridine rings is 1. The highest BCUT2D eigenvalue weighted by Gasteiger charge is 2.21. The van der Waals surface area contributed by atoms with Crippen molar-refractivity contribution in [2.45, 2.75) is 20.4 Å². The van der Waals surface area contributed by atoms with E-state index in [1.807, 2.05) is 6.07 Å². The van der Waals surface area contributed by atoms with Crippen LogP contribution in [0.3, 0.4) is 0 Å². The molecule has 174 valence electrons. The number of halogens is 1. The molecule has 0 saturated carbocycles. The maximum Gasteiger partial charge on any atom is 0.256 e. The fourth-order valence-corrected chi connectivity index (χ4v) is 4.10. The van der Waals surface area contributed by atoms with E-state index in [1.54, 1.807) is 13.0 Å². The molecule has 1 aliphatic heterocycles. The fourth-order valence-electron chi connectivity index (χ4n) is 4.10. The number of benzene rings is 1. The second-order valence-corrected chi connectivity index (χ2v) is 7.84. The second-order valence-electron chi connectivity index (χ2n) is 7.84. The summed E-state index contributed by atoms with van der Waals surface area (Å²) in [5, 5.41) is 2.97. The van der Waals surface area contributed by atoms with Gasteiger partial charge in [-0.05, 0) is 31.7 Å². The van der Waals surface area contributed by atoms with Gasteiger partial charge in [0.25, 0.3) is 5.91 Å². The first-order valence-electron chi connectivity index (χ1n) is 10.9. The Morgan fingerprint density at radius 3 is 2.52 bits per heavy atom. The molecule has 2 aromatic heterocycles. The lowest BCUT2D eigenvalue weighted by Crippen LogP contribution is -2.46. The predicted molar refractivity (Wildman–Crippen MR) is 126 cm³/mol. The molecule has 0 atom stereocenters. The van der Waals surface area contributed by atoms with Crippen LogP contribution in [0.25, 0.3) is 11.0 Å². The third-order valence-electron chi connectivity index (χ3n) is 5.99. The first-order chi connectivity index (χ1) is 15.8. The van der Waals surface area contributed by atoms with Crippen molar-refractivity contribution >= 4 is 40.1 Å². The lowest BCUT2D eigenvalue weighted by atomic mass is 10.1. The number of primary amides is 1. The SMILES string of the molecule is CCN1CCN(c2ccc(Nc3ncc4c(=O)c(C(N)=O)c(N)n(CC)c4n3)c(F)c2)CC1. The standard InChI is InChI=1S/C22H27FN8O2/c1-3-29-7-9-30(10-8-29)13-5-6-16(15(23)11-13)27-22-26-12-14-18(32)17(20(25)33)19(24)31(4-2)21(14)28-22/h5-6,11-12H,3-4,7-10,24H2,1-2H3,(H2,25,33)(H,26,27,28). The number of aryl methyl sites for hydroxylation is 1. The van der Waals surface area contributed by atoms with Gasteiger partial charge >= 0.3 is 0 Å². The van der Waals surface area contributed by atoms with E-state index >= 15 is 0 Å². The second kappa shape index (κ2) is 9.02. The molecule has 0 radical (unpaired) electrons. The molecule has 1 saturated heterocycles. The van der Waals surface area contributed by atoms with Crippen LogP contribution in [0.15, 0.2) is 29.2 Å². The van der Waals surface area contributed by atoms with E-state index in [1.165, 1.54) is 16.8 Å². The number of anilines is 4. The van der Waals surface area contributed by atoms with Crippen LogP contribution in [0.2, 0.25) is 0 Å². The van der Waals surface area contributed by atoms with Crippen LogP contribution in [-0.4, -0.2) is 58.1 Å². The number of nitrogens with one attached hydrogen (secondary N) is 1. The highest BCUT2D eigenvalue weighted by atomic mass is 19.1. The van der Waals surface area contributed by atoms with Crippen molar-refractivity contribution in [3.63, 3.8) is 0 Å². The number of hydrogen-bond donors (Lipinski definition) is 3. The van der Waals surface area contributed by atoms with Crippen molar-refractivity contribution in [1.82, 2.24) is 19.4 Å². The predicted octanol–water partition coefficient (Wildman–Crippen LogP) is 1.52. The Kier molecular flexibility index (Phi) is 6.14. The number of rotatable bonds is 6. The third kappa shape index (κ3) is 4.19.